The molecule has 0 aliphatic rings. The zero-order valence-corrected chi connectivity index (χ0v) is 8.47. The van der Waals surface area contributed by atoms with Gasteiger partial charge in [0, 0.05) is 14.2 Å². The van der Waals surface area contributed by atoms with Gasteiger partial charge in [0.25, 0.3) is 0 Å². The molecule has 0 radical (unpaired) electrons. The summed E-state index contributed by atoms with van der Waals surface area (Å²) >= 11 is 1.43. The molecule has 0 aliphatic heterocycles. The maximum Gasteiger partial charge on any atom is 0.177 e. The van der Waals surface area contributed by atoms with Gasteiger partial charge >= 0.3 is 0 Å². The van der Waals surface area contributed by atoms with Gasteiger partial charge in [0.2, 0.25) is 0 Å². The lowest BCUT2D eigenvalue weighted by Crippen LogP contribution is -2.17. The fourth-order valence-corrected chi connectivity index (χ4v) is 1.63. The van der Waals surface area contributed by atoms with E-state index in [-0.39, 0.29) is 12.2 Å². The first-order valence-corrected chi connectivity index (χ1v) is 4.78. The molecule has 1 heterocycles. The Balaban J connectivity index is 2.50. The van der Waals surface area contributed by atoms with E-state index in [2.05, 4.69) is 0 Å². The third kappa shape index (κ3) is 2.91. The second kappa shape index (κ2) is 5.11. The predicted octanol–water partition coefficient (Wildman–Crippen LogP) is 1.94. The van der Waals surface area contributed by atoms with E-state index in [9.17, 15) is 4.79 Å². The Labute approximate surface area is 81.3 Å². The van der Waals surface area contributed by atoms with Crippen LogP contribution in [0.3, 0.4) is 0 Å². The number of hydrogen-bond donors (Lipinski definition) is 0. The summed E-state index contributed by atoms with van der Waals surface area (Å²) in [5, 5.41) is 1.88. The van der Waals surface area contributed by atoms with Crippen molar-refractivity contribution in [3.8, 4) is 0 Å². The number of rotatable bonds is 5. The van der Waals surface area contributed by atoms with E-state index in [0.29, 0.717) is 0 Å². The minimum Gasteiger partial charge on any atom is -0.355 e. The topological polar surface area (TPSA) is 35.5 Å². The van der Waals surface area contributed by atoms with Crippen LogP contribution < -0.4 is 0 Å². The summed E-state index contributed by atoms with van der Waals surface area (Å²) in [4.78, 5) is 12.2. The van der Waals surface area contributed by atoms with E-state index in [1.165, 1.54) is 25.6 Å². The maximum atomic E-state index is 11.5. The van der Waals surface area contributed by atoms with E-state index >= 15 is 0 Å². The number of ketones is 1. The Bertz CT molecular complexity index is 252. The number of carbonyl (C=O) groups is 1. The summed E-state index contributed by atoms with van der Waals surface area (Å²) in [6.45, 7) is 0. The van der Waals surface area contributed by atoms with Gasteiger partial charge in [-0.25, -0.2) is 0 Å². The number of carbonyl (C=O) groups excluding carboxylic acids is 1. The second-order valence-electron chi connectivity index (χ2n) is 2.51. The minimum atomic E-state index is -0.436. The molecule has 72 valence electrons. The number of ether oxygens (including phenoxy) is 2. The van der Waals surface area contributed by atoms with Crippen LogP contribution in [0, 0.1) is 0 Å². The molecule has 0 saturated carbocycles. The Kier molecular flexibility index (Phi) is 4.08. The van der Waals surface area contributed by atoms with Crippen LogP contribution in [0.1, 0.15) is 16.1 Å². The molecule has 1 rings (SSSR count). The molecular formula is C9H12O3S. The minimum absolute atomic E-state index is 0.0590. The second-order valence-corrected chi connectivity index (χ2v) is 3.45. The van der Waals surface area contributed by atoms with Crippen LogP contribution in [0.15, 0.2) is 17.5 Å². The average molecular weight is 200 g/mol. The van der Waals surface area contributed by atoms with Gasteiger partial charge in [-0.1, -0.05) is 6.07 Å². The molecule has 1 aromatic heterocycles. The normalized spacial score (nSPS) is 10.7. The van der Waals surface area contributed by atoms with Crippen molar-refractivity contribution in [1.29, 1.82) is 0 Å². The summed E-state index contributed by atoms with van der Waals surface area (Å²) in [6.07, 6.45) is -0.164. The molecule has 0 spiro atoms. The molecule has 4 heteroatoms. The van der Waals surface area contributed by atoms with Crippen LogP contribution >= 0.6 is 11.3 Å². The third-order valence-corrected chi connectivity index (χ3v) is 2.58. The van der Waals surface area contributed by atoms with Crippen LogP contribution in [0.4, 0.5) is 0 Å². The zero-order valence-electron chi connectivity index (χ0n) is 7.65. The van der Waals surface area contributed by atoms with E-state index in [1.807, 2.05) is 11.4 Å². The van der Waals surface area contributed by atoms with Crippen LogP contribution in [-0.2, 0) is 9.47 Å². The van der Waals surface area contributed by atoms with E-state index in [1.54, 1.807) is 6.07 Å². The lowest BCUT2D eigenvalue weighted by atomic mass is 10.2. The van der Waals surface area contributed by atoms with Gasteiger partial charge in [0.05, 0.1) is 11.3 Å². The third-order valence-electron chi connectivity index (χ3n) is 1.67. The van der Waals surface area contributed by atoms with Gasteiger partial charge < -0.3 is 9.47 Å². The molecule has 0 bridgehead atoms. The number of Topliss-reactive ketones (excluding diaryl/α,β-unsaturated/α-hetero) is 1. The first-order valence-electron chi connectivity index (χ1n) is 3.90. The Morgan fingerprint density at radius 2 is 2.23 bits per heavy atom. The number of thiophene rings is 1. The summed E-state index contributed by atoms with van der Waals surface area (Å²) in [5.41, 5.74) is 0. The van der Waals surface area contributed by atoms with Crippen LogP contribution in [0.25, 0.3) is 0 Å². The van der Waals surface area contributed by atoms with E-state index < -0.39 is 6.29 Å². The summed E-state index contributed by atoms with van der Waals surface area (Å²) < 4.78 is 9.86. The fraction of sp³-hybridized carbons (Fsp3) is 0.444. The smallest absolute Gasteiger partial charge is 0.177 e. The summed E-state index contributed by atoms with van der Waals surface area (Å²) in [5.74, 6) is 0.0590. The van der Waals surface area contributed by atoms with Crippen molar-refractivity contribution in [1.82, 2.24) is 0 Å². The Hall–Kier alpha value is -0.710. The summed E-state index contributed by atoms with van der Waals surface area (Å²) in [6, 6.07) is 3.65. The van der Waals surface area contributed by atoms with Gasteiger partial charge in [0.1, 0.15) is 0 Å². The zero-order chi connectivity index (χ0) is 9.68. The Morgan fingerprint density at radius 3 is 2.69 bits per heavy atom. The molecule has 0 fully saturated rings. The fourth-order valence-electron chi connectivity index (χ4n) is 0.952. The highest BCUT2D eigenvalue weighted by molar-refractivity contribution is 7.12. The number of hydrogen-bond acceptors (Lipinski definition) is 4. The van der Waals surface area contributed by atoms with Crippen molar-refractivity contribution in [2.75, 3.05) is 14.2 Å². The molecular weight excluding hydrogens is 188 g/mol. The lowest BCUT2D eigenvalue weighted by Gasteiger charge is -2.10. The molecule has 0 aromatic carbocycles. The highest BCUT2D eigenvalue weighted by Crippen LogP contribution is 2.13. The molecule has 0 saturated heterocycles. The summed E-state index contributed by atoms with van der Waals surface area (Å²) in [7, 11) is 3.05. The van der Waals surface area contributed by atoms with E-state index in [0.717, 1.165) is 4.88 Å². The monoisotopic (exact) mass is 200 g/mol. The van der Waals surface area contributed by atoms with Crippen molar-refractivity contribution in [2.45, 2.75) is 12.7 Å². The molecule has 0 unspecified atom stereocenters. The number of methoxy groups -OCH3 is 2. The van der Waals surface area contributed by atoms with Gasteiger partial charge in [-0.3, -0.25) is 4.79 Å². The first-order chi connectivity index (χ1) is 6.27. The lowest BCUT2D eigenvalue weighted by molar-refractivity contribution is -0.0992. The average Bonchev–Trinajstić information content (AvgIpc) is 2.66. The van der Waals surface area contributed by atoms with Crippen molar-refractivity contribution in [3.63, 3.8) is 0 Å². The van der Waals surface area contributed by atoms with Crippen molar-refractivity contribution in [3.05, 3.63) is 22.4 Å². The predicted molar refractivity (Wildman–Crippen MR) is 51.1 cm³/mol. The van der Waals surface area contributed by atoms with Crippen molar-refractivity contribution < 1.29 is 14.3 Å². The van der Waals surface area contributed by atoms with Crippen LogP contribution in [0.5, 0.6) is 0 Å². The van der Waals surface area contributed by atoms with E-state index in [4.69, 9.17) is 9.47 Å². The molecule has 0 atom stereocenters. The first kappa shape index (κ1) is 10.4. The highest BCUT2D eigenvalue weighted by Gasteiger charge is 2.14. The molecule has 3 nitrogen and oxygen atoms in total. The molecule has 1 aromatic rings. The Morgan fingerprint density at radius 1 is 1.54 bits per heavy atom. The van der Waals surface area contributed by atoms with Crippen molar-refractivity contribution >= 4 is 17.1 Å². The van der Waals surface area contributed by atoms with Gasteiger partial charge in [-0.05, 0) is 11.4 Å². The maximum absolute atomic E-state index is 11.5. The standard InChI is InChI=1S/C9H12O3S/c1-11-9(12-2)6-7(10)8-4-3-5-13-8/h3-5,9H,6H2,1-2H3. The van der Waals surface area contributed by atoms with Gasteiger partial charge in [-0.2, -0.15) is 0 Å². The largest absolute Gasteiger partial charge is 0.355 e. The molecule has 0 N–H and O–H groups in total. The van der Waals surface area contributed by atoms with Crippen LogP contribution in [-0.4, -0.2) is 26.3 Å². The van der Waals surface area contributed by atoms with Crippen molar-refractivity contribution in [2.24, 2.45) is 0 Å². The molecule has 0 amide bonds. The molecule has 0 aliphatic carbocycles. The highest BCUT2D eigenvalue weighted by atomic mass is 32.1. The molecule has 13 heavy (non-hydrogen) atoms. The van der Waals surface area contributed by atoms with Crippen LogP contribution in [0.2, 0.25) is 0 Å². The SMILES string of the molecule is COC(CC(=O)c1cccs1)OC. The van der Waals surface area contributed by atoms with Gasteiger partial charge in [-0.15, -0.1) is 11.3 Å². The van der Waals surface area contributed by atoms with Gasteiger partial charge in [0.15, 0.2) is 12.1 Å². The quantitative estimate of drug-likeness (QED) is 0.538.